The fraction of sp³-hybridized carbons (Fsp3) is 0.429. The van der Waals surface area contributed by atoms with Crippen molar-refractivity contribution in [2.45, 2.75) is 23.5 Å². The van der Waals surface area contributed by atoms with Crippen LogP contribution in [0, 0.1) is 5.82 Å². The van der Waals surface area contributed by atoms with Crippen LogP contribution in [0.15, 0.2) is 53.4 Å². The molecule has 4 rings (SSSR count). The lowest BCUT2D eigenvalue weighted by atomic mass is 10.0. The first-order valence-electron chi connectivity index (χ1n) is 9.66. The molecule has 2 heterocycles. The van der Waals surface area contributed by atoms with Gasteiger partial charge in [-0.15, -0.1) is 0 Å². The molecule has 0 amide bonds. The smallest absolute Gasteiger partial charge is 0.246 e. The van der Waals surface area contributed by atoms with Crippen molar-refractivity contribution in [1.82, 2.24) is 9.21 Å². The number of rotatable bonds is 5. The third kappa shape index (κ3) is 4.16. The molecule has 1 fully saturated rings. The van der Waals surface area contributed by atoms with E-state index in [1.54, 1.807) is 37.4 Å². The van der Waals surface area contributed by atoms with Gasteiger partial charge in [-0.05, 0) is 29.8 Å². The maximum atomic E-state index is 13.5. The van der Waals surface area contributed by atoms with Gasteiger partial charge in [-0.2, -0.15) is 4.31 Å². The van der Waals surface area contributed by atoms with Crippen molar-refractivity contribution < 1.29 is 22.3 Å². The van der Waals surface area contributed by atoms with Crippen molar-refractivity contribution in [2.24, 2.45) is 0 Å². The van der Waals surface area contributed by atoms with Crippen LogP contribution in [-0.2, 0) is 21.3 Å². The highest BCUT2D eigenvalue weighted by atomic mass is 32.2. The number of benzene rings is 2. The zero-order valence-electron chi connectivity index (χ0n) is 16.4. The van der Waals surface area contributed by atoms with E-state index in [4.69, 9.17) is 9.47 Å². The van der Waals surface area contributed by atoms with Crippen molar-refractivity contribution in [3.05, 3.63) is 59.9 Å². The first-order chi connectivity index (χ1) is 13.9. The molecule has 8 heteroatoms. The molecule has 1 saturated heterocycles. The summed E-state index contributed by atoms with van der Waals surface area (Å²) in [5, 5.41) is 0. The fourth-order valence-corrected chi connectivity index (χ4v) is 5.73. The molecule has 1 spiro atoms. The van der Waals surface area contributed by atoms with Gasteiger partial charge in [0, 0.05) is 39.7 Å². The van der Waals surface area contributed by atoms with Crippen LogP contribution in [-0.4, -0.2) is 63.1 Å². The lowest BCUT2D eigenvalue weighted by molar-refractivity contribution is 0.0533. The van der Waals surface area contributed by atoms with Gasteiger partial charge in [-0.25, -0.2) is 12.8 Å². The maximum Gasteiger partial charge on any atom is 0.246 e. The van der Waals surface area contributed by atoms with Gasteiger partial charge in [0.1, 0.15) is 22.1 Å². The normalized spacial score (nSPS) is 24.2. The molecule has 0 bridgehead atoms. The Morgan fingerprint density at radius 1 is 1.17 bits per heavy atom. The Morgan fingerprint density at radius 3 is 2.79 bits per heavy atom. The van der Waals surface area contributed by atoms with Crippen LogP contribution in [0.2, 0.25) is 0 Å². The highest BCUT2D eigenvalue weighted by Crippen LogP contribution is 2.38. The molecule has 2 aliphatic heterocycles. The van der Waals surface area contributed by atoms with Crippen molar-refractivity contribution in [3.8, 4) is 5.75 Å². The minimum absolute atomic E-state index is 0.191. The predicted octanol–water partition coefficient (Wildman–Crippen LogP) is 2.50. The molecule has 0 saturated carbocycles. The van der Waals surface area contributed by atoms with Crippen LogP contribution < -0.4 is 4.74 Å². The van der Waals surface area contributed by atoms with Crippen molar-refractivity contribution in [1.29, 1.82) is 0 Å². The minimum atomic E-state index is -3.68. The summed E-state index contributed by atoms with van der Waals surface area (Å²) in [6.45, 7) is 2.74. The second-order valence-corrected chi connectivity index (χ2v) is 9.56. The molecule has 2 aromatic carbocycles. The van der Waals surface area contributed by atoms with E-state index in [1.807, 2.05) is 6.07 Å². The third-order valence-electron chi connectivity index (χ3n) is 5.49. The summed E-state index contributed by atoms with van der Waals surface area (Å²) >= 11 is 0. The molecule has 2 aromatic rings. The number of sulfonamides is 1. The Balaban J connectivity index is 1.62. The zero-order chi connectivity index (χ0) is 20.5. The molecule has 0 unspecified atom stereocenters. The topological polar surface area (TPSA) is 59.1 Å². The standard InChI is InChI=1S/C21H25FN2O4S/c1-27-12-11-24-16-21(28-19-7-2-3-8-20(19)29(24,25)26)9-10-23(15-21)14-17-5-4-6-18(22)13-17/h2-8,13H,9-12,14-16H2,1H3/t21-/m1/s1. The maximum absolute atomic E-state index is 13.5. The van der Waals surface area contributed by atoms with Crippen LogP contribution in [0.5, 0.6) is 5.75 Å². The van der Waals surface area contributed by atoms with Crippen molar-refractivity contribution >= 4 is 10.0 Å². The van der Waals surface area contributed by atoms with E-state index < -0.39 is 15.6 Å². The number of likely N-dealkylation sites (tertiary alicyclic amines) is 1. The molecule has 2 aliphatic rings. The molecule has 0 radical (unpaired) electrons. The summed E-state index contributed by atoms with van der Waals surface area (Å²) in [5.74, 6) is 0.132. The monoisotopic (exact) mass is 420 g/mol. The van der Waals surface area contributed by atoms with Gasteiger partial charge in [0.2, 0.25) is 10.0 Å². The summed E-state index contributed by atoms with van der Waals surface area (Å²) in [6.07, 6.45) is 0.690. The highest BCUT2D eigenvalue weighted by molar-refractivity contribution is 7.89. The number of hydrogen-bond acceptors (Lipinski definition) is 5. The number of methoxy groups -OCH3 is 1. The number of para-hydroxylation sites is 1. The number of nitrogens with zero attached hydrogens (tertiary/aromatic N) is 2. The zero-order valence-corrected chi connectivity index (χ0v) is 17.2. The number of ether oxygens (including phenoxy) is 2. The number of halogens is 1. The van der Waals surface area contributed by atoms with Gasteiger partial charge in [0.05, 0.1) is 13.2 Å². The summed E-state index contributed by atoms with van der Waals surface area (Å²) < 4.78 is 52.9. The van der Waals surface area contributed by atoms with Gasteiger partial charge in [-0.3, -0.25) is 4.90 Å². The largest absolute Gasteiger partial charge is 0.483 e. The number of fused-ring (bicyclic) bond motifs is 1. The molecule has 6 nitrogen and oxygen atoms in total. The van der Waals surface area contributed by atoms with E-state index in [1.165, 1.54) is 16.4 Å². The average Bonchev–Trinajstić information content (AvgIpc) is 3.03. The Labute approximate surface area is 170 Å². The van der Waals surface area contributed by atoms with E-state index in [0.717, 1.165) is 12.1 Å². The first kappa shape index (κ1) is 20.3. The van der Waals surface area contributed by atoms with Crippen LogP contribution >= 0.6 is 0 Å². The van der Waals surface area contributed by atoms with E-state index in [0.29, 0.717) is 31.9 Å². The molecule has 1 atom stereocenters. The van der Waals surface area contributed by atoms with Gasteiger partial charge in [-0.1, -0.05) is 24.3 Å². The second kappa shape index (κ2) is 8.02. The van der Waals surface area contributed by atoms with E-state index in [-0.39, 0.29) is 23.8 Å². The molecule has 29 heavy (non-hydrogen) atoms. The Hall–Kier alpha value is -2.00. The van der Waals surface area contributed by atoms with E-state index in [2.05, 4.69) is 4.90 Å². The van der Waals surface area contributed by atoms with Crippen molar-refractivity contribution in [3.63, 3.8) is 0 Å². The van der Waals surface area contributed by atoms with Gasteiger partial charge in [0.15, 0.2) is 0 Å². The Bertz CT molecular complexity index is 984. The van der Waals surface area contributed by atoms with Crippen LogP contribution in [0.1, 0.15) is 12.0 Å². The van der Waals surface area contributed by atoms with Crippen LogP contribution in [0.3, 0.4) is 0 Å². The van der Waals surface area contributed by atoms with Crippen LogP contribution in [0.4, 0.5) is 4.39 Å². The van der Waals surface area contributed by atoms with Gasteiger partial charge >= 0.3 is 0 Å². The lowest BCUT2D eigenvalue weighted by Gasteiger charge is -2.32. The molecule has 0 aromatic heterocycles. The fourth-order valence-electron chi connectivity index (χ4n) is 4.12. The second-order valence-electron chi connectivity index (χ2n) is 7.65. The molecular formula is C21H25FN2O4S. The SMILES string of the molecule is COCCN1C[C@]2(CCN(Cc3cccc(F)c3)C2)Oc2ccccc2S1(=O)=O. The van der Waals surface area contributed by atoms with E-state index in [9.17, 15) is 12.8 Å². The molecular weight excluding hydrogens is 395 g/mol. The van der Waals surface area contributed by atoms with E-state index >= 15 is 0 Å². The molecule has 156 valence electrons. The Kier molecular flexibility index (Phi) is 5.61. The number of hydrogen-bond donors (Lipinski definition) is 0. The van der Waals surface area contributed by atoms with Gasteiger partial charge < -0.3 is 9.47 Å². The van der Waals surface area contributed by atoms with Crippen LogP contribution in [0.25, 0.3) is 0 Å². The van der Waals surface area contributed by atoms with Gasteiger partial charge in [0.25, 0.3) is 0 Å². The lowest BCUT2D eigenvalue weighted by Crippen LogP contribution is -2.49. The van der Waals surface area contributed by atoms with Crippen molar-refractivity contribution in [2.75, 3.05) is 39.9 Å². The summed E-state index contributed by atoms with van der Waals surface area (Å²) in [5.41, 5.74) is 0.237. The molecule has 0 N–H and O–H groups in total. The Morgan fingerprint density at radius 2 is 2.00 bits per heavy atom. The predicted molar refractivity (Wildman–Crippen MR) is 107 cm³/mol. The summed E-state index contributed by atoms with van der Waals surface area (Å²) in [7, 11) is -2.12. The molecule has 0 aliphatic carbocycles. The summed E-state index contributed by atoms with van der Waals surface area (Å²) in [4.78, 5) is 2.38. The average molecular weight is 421 g/mol. The summed E-state index contributed by atoms with van der Waals surface area (Å²) in [6, 6.07) is 13.3. The first-order valence-corrected chi connectivity index (χ1v) is 11.1. The highest BCUT2D eigenvalue weighted by Gasteiger charge is 2.47. The third-order valence-corrected chi connectivity index (χ3v) is 7.38. The minimum Gasteiger partial charge on any atom is -0.483 e. The quantitative estimate of drug-likeness (QED) is 0.744.